The van der Waals surface area contributed by atoms with E-state index in [1.54, 1.807) is 19.2 Å². The number of aryl methyl sites for hydroxylation is 1. The number of rotatable bonds is 6. The maximum atomic E-state index is 12.4. The molecule has 1 amide bonds. The van der Waals surface area contributed by atoms with E-state index in [0.29, 0.717) is 17.9 Å². The zero-order valence-electron chi connectivity index (χ0n) is 14.2. The van der Waals surface area contributed by atoms with Crippen LogP contribution in [0, 0.1) is 6.92 Å². The molecule has 0 heterocycles. The Morgan fingerprint density at radius 1 is 1.13 bits per heavy atom. The number of likely N-dealkylation sites (N-methyl/N-ethyl adjacent to an activating group) is 1. The lowest BCUT2D eigenvalue weighted by atomic mass is 10.0. The first-order valence-corrected chi connectivity index (χ1v) is 7.67. The smallest absolute Gasteiger partial charge is 0.255 e. The molecule has 0 aliphatic carbocycles. The van der Waals surface area contributed by atoms with E-state index in [4.69, 9.17) is 4.74 Å². The average Bonchev–Trinajstić information content (AvgIpc) is 2.56. The zero-order valence-corrected chi connectivity index (χ0v) is 14.2. The van der Waals surface area contributed by atoms with Gasteiger partial charge in [0.1, 0.15) is 5.75 Å². The number of hydrogen-bond donors (Lipinski definition) is 1. The van der Waals surface area contributed by atoms with E-state index < -0.39 is 0 Å². The number of carbonyl (C=O) groups is 1. The molecule has 0 spiro atoms. The van der Waals surface area contributed by atoms with Crippen LogP contribution in [0.4, 0.5) is 0 Å². The quantitative estimate of drug-likeness (QED) is 0.891. The third-order valence-corrected chi connectivity index (χ3v) is 3.89. The van der Waals surface area contributed by atoms with Crippen molar-refractivity contribution in [3.05, 3.63) is 65.2 Å². The van der Waals surface area contributed by atoms with Crippen molar-refractivity contribution in [1.82, 2.24) is 10.2 Å². The summed E-state index contributed by atoms with van der Waals surface area (Å²) in [4.78, 5) is 14.5. The molecule has 2 aromatic rings. The fourth-order valence-electron chi connectivity index (χ4n) is 2.50. The lowest BCUT2D eigenvalue weighted by molar-refractivity contribution is 0.0939. The van der Waals surface area contributed by atoms with E-state index in [0.717, 1.165) is 0 Å². The molecule has 0 radical (unpaired) electrons. The topological polar surface area (TPSA) is 41.6 Å². The second-order valence-corrected chi connectivity index (χ2v) is 5.80. The van der Waals surface area contributed by atoms with Crippen LogP contribution in [0.5, 0.6) is 5.75 Å². The molecule has 0 unspecified atom stereocenters. The third kappa shape index (κ3) is 4.33. The maximum Gasteiger partial charge on any atom is 0.255 e. The molecule has 2 aromatic carbocycles. The summed E-state index contributed by atoms with van der Waals surface area (Å²) in [7, 11) is 5.60. The Labute approximate surface area is 138 Å². The molecule has 122 valence electrons. The number of ether oxygens (including phenoxy) is 1. The first-order valence-electron chi connectivity index (χ1n) is 7.67. The summed E-state index contributed by atoms with van der Waals surface area (Å²) < 4.78 is 5.25. The Morgan fingerprint density at radius 3 is 2.39 bits per heavy atom. The Hall–Kier alpha value is -2.33. The predicted molar refractivity (Wildman–Crippen MR) is 92.9 cm³/mol. The first-order chi connectivity index (χ1) is 11.0. The van der Waals surface area contributed by atoms with Gasteiger partial charge >= 0.3 is 0 Å². The minimum Gasteiger partial charge on any atom is -0.496 e. The highest BCUT2D eigenvalue weighted by Crippen LogP contribution is 2.20. The Bertz CT molecular complexity index is 651. The van der Waals surface area contributed by atoms with E-state index in [1.165, 1.54) is 11.1 Å². The summed E-state index contributed by atoms with van der Waals surface area (Å²) in [6.07, 6.45) is 0. The van der Waals surface area contributed by atoms with Crippen LogP contribution in [0.15, 0.2) is 48.5 Å². The predicted octanol–water partition coefficient (Wildman–Crippen LogP) is 3.04. The third-order valence-electron chi connectivity index (χ3n) is 3.89. The fraction of sp³-hybridized carbons (Fsp3) is 0.316. The van der Waals surface area contributed by atoms with Crippen LogP contribution in [0.3, 0.4) is 0 Å². The van der Waals surface area contributed by atoms with Gasteiger partial charge in [-0.1, -0.05) is 42.0 Å². The summed E-state index contributed by atoms with van der Waals surface area (Å²) in [6, 6.07) is 15.8. The molecule has 0 saturated carbocycles. The SMILES string of the molecule is COc1ccccc1C(=O)NC[C@H](c1ccc(C)cc1)N(C)C. The van der Waals surface area contributed by atoms with Gasteiger partial charge in [-0.15, -0.1) is 0 Å². The number of hydrogen-bond acceptors (Lipinski definition) is 3. The van der Waals surface area contributed by atoms with Crippen molar-refractivity contribution < 1.29 is 9.53 Å². The number of nitrogens with one attached hydrogen (secondary N) is 1. The highest BCUT2D eigenvalue weighted by molar-refractivity contribution is 5.96. The Morgan fingerprint density at radius 2 is 1.78 bits per heavy atom. The number of methoxy groups -OCH3 is 1. The van der Waals surface area contributed by atoms with Crippen LogP contribution < -0.4 is 10.1 Å². The van der Waals surface area contributed by atoms with Gasteiger partial charge in [0, 0.05) is 6.54 Å². The molecule has 0 fully saturated rings. The summed E-state index contributed by atoms with van der Waals surface area (Å²) in [6.45, 7) is 2.60. The molecule has 0 aromatic heterocycles. The fourth-order valence-corrected chi connectivity index (χ4v) is 2.50. The van der Waals surface area contributed by atoms with Crippen molar-refractivity contribution in [2.24, 2.45) is 0 Å². The van der Waals surface area contributed by atoms with Crippen LogP contribution in [0.1, 0.15) is 27.5 Å². The van der Waals surface area contributed by atoms with Gasteiger partial charge in [0.15, 0.2) is 0 Å². The largest absolute Gasteiger partial charge is 0.496 e. The zero-order chi connectivity index (χ0) is 16.8. The van der Waals surface area contributed by atoms with E-state index in [2.05, 4.69) is 41.4 Å². The molecule has 0 bridgehead atoms. The second-order valence-electron chi connectivity index (χ2n) is 5.80. The van der Waals surface area contributed by atoms with Crippen molar-refractivity contribution in [1.29, 1.82) is 0 Å². The van der Waals surface area contributed by atoms with Crippen LogP contribution >= 0.6 is 0 Å². The lowest BCUT2D eigenvalue weighted by Crippen LogP contribution is -2.34. The molecular formula is C19H24N2O2. The molecule has 0 aliphatic heterocycles. The number of amides is 1. The molecule has 0 saturated heterocycles. The Kier molecular flexibility index (Phi) is 5.77. The van der Waals surface area contributed by atoms with Gasteiger partial charge in [-0.25, -0.2) is 0 Å². The van der Waals surface area contributed by atoms with Crippen molar-refractivity contribution >= 4 is 5.91 Å². The van der Waals surface area contributed by atoms with Crippen LogP contribution in [0.2, 0.25) is 0 Å². The van der Waals surface area contributed by atoms with Crippen molar-refractivity contribution in [2.75, 3.05) is 27.7 Å². The van der Waals surface area contributed by atoms with Gasteiger partial charge in [-0.2, -0.15) is 0 Å². The summed E-state index contributed by atoms with van der Waals surface area (Å²) in [5.74, 6) is 0.461. The van der Waals surface area contributed by atoms with Crippen LogP contribution in [-0.4, -0.2) is 38.6 Å². The first kappa shape index (κ1) is 17.0. The molecule has 4 nitrogen and oxygen atoms in total. The van der Waals surface area contributed by atoms with E-state index in [1.807, 2.05) is 26.2 Å². The van der Waals surface area contributed by atoms with E-state index in [9.17, 15) is 4.79 Å². The second kappa shape index (κ2) is 7.79. The van der Waals surface area contributed by atoms with Gasteiger partial charge in [0.2, 0.25) is 0 Å². The average molecular weight is 312 g/mol. The molecule has 1 atom stereocenters. The summed E-state index contributed by atoms with van der Waals surface area (Å²) in [5.41, 5.74) is 2.96. The van der Waals surface area contributed by atoms with Gasteiger partial charge in [0.05, 0.1) is 18.7 Å². The van der Waals surface area contributed by atoms with Crippen LogP contribution in [0.25, 0.3) is 0 Å². The van der Waals surface area contributed by atoms with Gasteiger partial charge < -0.3 is 15.0 Å². The monoisotopic (exact) mass is 312 g/mol. The normalized spacial score (nSPS) is 12.0. The standard InChI is InChI=1S/C19H24N2O2/c1-14-9-11-15(12-10-14)17(21(2)3)13-20-19(22)16-7-5-6-8-18(16)23-4/h5-12,17H,13H2,1-4H3,(H,20,22)/t17-/m1/s1. The summed E-state index contributed by atoms with van der Waals surface area (Å²) >= 11 is 0. The highest BCUT2D eigenvalue weighted by Gasteiger charge is 2.17. The number of carbonyl (C=O) groups excluding carboxylic acids is 1. The number of para-hydroxylation sites is 1. The number of benzene rings is 2. The molecule has 0 aliphatic rings. The van der Waals surface area contributed by atoms with Gasteiger partial charge in [-0.3, -0.25) is 4.79 Å². The van der Waals surface area contributed by atoms with Crippen molar-refractivity contribution in [2.45, 2.75) is 13.0 Å². The summed E-state index contributed by atoms with van der Waals surface area (Å²) in [5, 5.41) is 3.01. The molecule has 2 rings (SSSR count). The maximum absolute atomic E-state index is 12.4. The highest BCUT2D eigenvalue weighted by atomic mass is 16.5. The van der Waals surface area contributed by atoms with E-state index >= 15 is 0 Å². The van der Waals surface area contributed by atoms with E-state index in [-0.39, 0.29) is 11.9 Å². The minimum atomic E-state index is -0.124. The Balaban J connectivity index is 2.09. The number of nitrogens with zero attached hydrogens (tertiary/aromatic N) is 1. The molecular weight excluding hydrogens is 288 g/mol. The van der Waals surface area contributed by atoms with Crippen molar-refractivity contribution in [3.63, 3.8) is 0 Å². The minimum absolute atomic E-state index is 0.120. The van der Waals surface area contributed by atoms with Gasteiger partial charge in [-0.05, 0) is 38.7 Å². The molecule has 4 heteroatoms. The molecule has 1 N–H and O–H groups in total. The lowest BCUT2D eigenvalue weighted by Gasteiger charge is -2.25. The molecule has 23 heavy (non-hydrogen) atoms. The van der Waals surface area contributed by atoms with Crippen molar-refractivity contribution in [3.8, 4) is 5.75 Å². The van der Waals surface area contributed by atoms with Gasteiger partial charge in [0.25, 0.3) is 5.91 Å². The van der Waals surface area contributed by atoms with Crippen LogP contribution in [-0.2, 0) is 0 Å².